The van der Waals surface area contributed by atoms with Crippen molar-refractivity contribution in [3.05, 3.63) is 23.3 Å². The second kappa shape index (κ2) is 7.71. The van der Waals surface area contributed by atoms with Crippen molar-refractivity contribution in [1.82, 2.24) is 20.2 Å². The Bertz CT molecular complexity index is 659. The van der Waals surface area contributed by atoms with Crippen LogP contribution in [0.2, 0.25) is 0 Å². The van der Waals surface area contributed by atoms with Crippen LogP contribution in [0.15, 0.2) is 12.1 Å². The van der Waals surface area contributed by atoms with Crippen molar-refractivity contribution in [2.24, 2.45) is 7.05 Å². The fourth-order valence-corrected chi connectivity index (χ4v) is 2.33. The van der Waals surface area contributed by atoms with Crippen molar-refractivity contribution in [2.75, 3.05) is 13.2 Å². The van der Waals surface area contributed by atoms with Crippen molar-refractivity contribution in [1.29, 1.82) is 0 Å². The van der Waals surface area contributed by atoms with Gasteiger partial charge in [0, 0.05) is 12.0 Å². The van der Waals surface area contributed by atoms with Crippen LogP contribution in [0.1, 0.15) is 30.9 Å². The summed E-state index contributed by atoms with van der Waals surface area (Å²) in [6, 6.07) is 3.95. The molecule has 2 rings (SSSR count). The van der Waals surface area contributed by atoms with Gasteiger partial charge in [0.2, 0.25) is 5.82 Å². The number of hydrogen-bond acceptors (Lipinski definition) is 6. The molecule has 0 fully saturated rings. The third kappa shape index (κ3) is 4.51. The maximum Gasteiger partial charge on any atom is 0.305 e. The van der Waals surface area contributed by atoms with Crippen molar-refractivity contribution in [2.45, 2.75) is 33.6 Å². The molecular weight excluding hydrogens is 296 g/mol. The molecule has 0 saturated carbocycles. The van der Waals surface area contributed by atoms with Crippen molar-refractivity contribution in [3.8, 4) is 17.1 Å². The van der Waals surface area contributed by atoms with Crippen LogP contribution in [-0.2, 0) is 16.6 Å². The molecule has 23 heavy (non-hydrogen) atoms. The first-order valence-corrected chi connectivity index (χ1v) is 7.65. The van der Waals surface area contributed by atoms with Crippen molar-refractivity contribution in [3.63, 3.8) is 0 Å². The van der Waals surface area contributed by atoms with E-state index >= 15 is 0 Å². The first-order chi connectivity index (χ1) is 11.0. The standard InChI is InChI=1S/C16H22N4O3/c1-5-22-14(21)7-6-8-23-15-11(2)9-13(10-12(15)3)16-17-19-20(4)18-16/h9-10H,5-8H2,1-4H3. The average molecular weight is 318 g/mol. The van der Waals surface area contributed by atoms with Crippen LogP contribution in [0, 0.1) is 13.8 Å². The van der Waals surface area contributed by atoms with Gasteiger partial charge >= 0.3 is 5.97 Å². The number of tetrazole rings is 1. The Morgan fingerprint density at radius 3 is 2.52 bits per heavy atom. The predicted molar refractivity (Wildman–Crippen MR) is 85.1 cm³/mol. The number of benzene rings is 1. The summed E-state index contributed by atoms with van der Waals surface area (Å²) in [6.45, 7) is 6.65. The normalized spacial score (nSPS) is 10.6. The Morgan fingerprint density at radius 2 is 1.96 bits per heavy atom. The summed E-state index contributed by atoms with van der Waals surface area (Å²) in [6.07, 6.45) is 0.999. The van der Waals surface area contributed by atoms with Gasteiger partial charge in [-0.25, -0.2) is 0 Å². The summed E-state index contributed by atoms with van der Waals surface area (Å²) in [5, 5.41) is 12.1. The van der Waals surface area contributed by atoms with Crippen LogP contribution in [-0.4, -0.2) is 39.4 Å². The number of esters is 1. The molecule has 0 amide bonds. The zero-order chi connectivity index (χ0) is 16.8. The van der Waals surface area contributed by atoms with E-state index in [2.05, 4.69) is 15.4 Å². The highest BCUT2D eigenvalue weighted by atomic mass is 16.5. The summed E-state index contributed by atoms with van der Waals surface area (Å²) >= 11 is 0. The highest BCUT2D eigenvalue weighted by Crippen LogP contribution is 2.28. The minimum atomic E-state index is -0.186. The van der Waals surface area contributed by atoms with Gasteiger partial charge in [-0.2, -0.15) is 4.80 Å². The van der Waals surface area contributed by atoms with Crippen molar-refractivity contribution < 1.29 is 14.3 Å². The monoisotopic (exact) mass is 318 g/mol. The van der Waals surface area contributed by atoms with Crippen LogP contribution >= 0.6 is 0 Å². The highest BCUT2D eigenvalue weighted by molar-refractivity contribution is 5.69. The largest absolute Gasteiger partial charge is 0.493 e. The maximum absolute atomic E-state index is 11.3. The molecule has 0 bridgehead atoms. The van der Waals surface area contributed by atoms with Crippen LogP contribution in [0.5, 0.6) is 5.75 Å². The summed E-state index contributed by atoms with van der Waals surface area (Å²) in [5.41, 5.74) is 2.92. The second-order valence-electron chi connectivity index (χ2n) is 5.30. The molecule has 1 heterocycles. The predicted octanol–water partition coefficient (Wildman–Crippen LogP) is 2.22. The van der Waals surface area contributed by atoms with E-state index in [1.807, 2.05) is 26.0 Å². The number of aryl methyl sites for hydroxylation is 3. The molecule has 0 N–H and O–H groups in total. The van der Waals surface area contributed by atoms with E-state index < -0.39 is 0 Å². The van der Waals surface area contributed by atoms with E-state index in [0.29, 0.717) is 31.9 Å². The molecule has 1 aromatic carbocycles. The Kier molecular flexibility index (Phi) is 5.67. The summed E-state index contributed by atoms with van der Waals surface area (Å²) in [5.74, 6) is 1.24. The molecule has 0 atom stereocenters. The molecule has 124 valence electrons. The number of carbonyl (C=O) groups is 1. The number of aromatic nitrogens is 4. The van der Waals surface area contributed by atoms with Gasteiger partial charge < -0.3 is 9.47 Å². The lowest BCUT2D eigenvalue weighted by Crippen LogP contribution is -2.07. The van der Waals surface area contributed by atoms with Gasteiger partial charge in [-0.1, -0.05) is 0 Å². The zero-order valence-corrected chi connectivity index (χ0v) is 14.0. The smallest absolute Gasteiger partial charge is 0.305 e. The molecule has 0 unspecified atom stereocenters. The molecule has 0 saturated heterocycles. The Balaban J connectivity index is 1.99. The first-order valence-electron chi connectivity index (χ1n) is 7.65. The van der Waals surface area contributed by atoms with E-state index in [1.54, 1.807) is 14.0 Å². The summed E-state index contributed by atoms with van der Waals surface area (Å²) in [4.78, 5) is 12.7. The van der Waals surface area contributed by atoms with Crippen LogP contribution in [0.4, 0.5) is 0 Å². The molecule has 2 aromatic rings. The minimum absolute atomic E-state index is 0.186. The minimum Gasteiger partial charge on any atom is -0.493 e. The SMILES string of the molecule is CCOC(=O)CCCOc1c(C)cc(-c2nnn(C)n2)cc1C. The average Bonchev–Trinajstić information content (AvgIpc) is 2.92. The Labute approximate surface area is 135 Å². The quantitative estimate of drug-likeness (QED) is 0.575. The first kappa shape index (κ1) is 16.9. The van der Waals surface area contributed by atoms with Gasteiger partial charge in [0.25, 0.3) is 0 Å². The van der Waals surface area contributed by atoms with Gasteiger partial charge in [0.1, 0.15) is 5.75 Å². The fraction of sp³-hybridized carbons (Fsp3) is 0.500. The zero-order valence-electron chi connectivity index (χ0n) is 14.0. The molecule has 7 nitrogen and oxygen atoms in total. The van der Waals surface area contributed by atoms with E-state index in [-0.39, 0.29) is 5.97 Å². The lowest BCUT2D eigenvalue weighted by molar-refractivity contribution is -0.143. The van der Waals surface area contributed by atoms with E-state index in [9.17, 15) is 4.79 Å². The van der Waals surface area contributed by atoms with Crippen LogP contribution < -0.4 is 4.74 Å². The molecule has 1 aromatic heterocycles. The summed E-state index contributed by atoms with van der Waals surface area (Å²) < 4.78 is 10.7. The Morgan fingerprint density at radius 1 is 1.26 bits per heavy atom. The van der Waals surface area contributed by atoms with Gasteiger partial charge in [-0.05, 0) is 55.7 Å². The van der Waals surface area contributed by atoms with E-state index in [1.165, 1.54) is 4.80 Å². The van der Waals surface area contributed by atoms with E-state index in [4.69, 9.17) is 9.47 Å². The number of carbonyl (C=O) groups excluding carboxylic acids is 1. The lowest BCUT2D eigenvalue weighted by Gasteiger charge is -2.13. The summed E-state index contributed by atoms with van der Waals surface area (Å²) in [7, 11) is 1.73. The Hall–Kier alpha value is -2.44. The molecule has 0 aliphatic heterocycles. The van der Waals surface area contributed by atoms with Crippen LogP contribution in [0.3, 0.4) is 0 Å². The second-order valence-corrected chi connectivity index (χ2v) is 5.30. The lowest BCUT2D eigenvalue weighted by atomic mass is 10.1. The van der Waals surface area contributed by atoms with Gasteiger partial charge in [-0.15, -0.1) is 10.2 Å². The topological polar surface area (TPSA) is 79.1 Å². The fourth-order valence-electron chi connectivity index (χ4n) is 2.33. The van der Waals surface area contributed by atoms with Gasteiger partial charge in [0.05, 0.1) is 20.3 Å². The number of hydrogen-bond donors (Lipinski definition) is 0. The highest BCUT2D eigenvalue weighted by Gasteiger charge is 2.11. The third-order valence-electron chi connectivity index (χ3n) is 3.30. The van der Waals surface area contributed by atoms with Crippen LogP contribution in [0.25, 0.3) is 11.4 Å². The molecule has 7 heteroatoms. The van der Waals surface area contributed by atoms with Gasteiger partial charge in [0.15, 0.2) is 0 Å². The molecular formula is C16H22N4O3. The number of nitrogens with zero attached hydrogens (tertiary/aromatic N) is 4. The maximum atomic E-state index is 11.3. The molecule has 0 spiro atoms. The van der Waals surface area contributed by atoms with E-state index in [0.717, 1.165) is 22.4 Å². The molecule has 0 aliphatic rings. The van der Waals surface area contributed by atoms with Gasteiger partial charge in [-0.3, -0.25) is 4.79 Å². The molecule has 0 radical (unpaired) electrons. The number of ether oxygens (including phenoxy) is 2. The molecule has 0 aliphatic carbocycles. The van der Waals surface area contributed by atoms with Crippen molar-refractivity contribution >= 4 is 5.97 Å². The number of rotatable bonds is 7. The third-order valence-corrected chi connectivity index (χ3v) is 3.30.